The van der Waals surface area contributed by atoms with Gasteiger partial charge in [-0.3, -0.25) is 4.90 Å². The maximum Gasteiger partial charge on any atom is 0.159 e. The lowest BCUT2D eigenvalue weighted by molar-refractivity contribution is 0.241. The molecule has 0 amide bonds. The Morgan fingerprint density at radius 3 is 2.63 bits per heavy atom. The molecule has 0 atom stereocenters. The Morgan fingerprint density at radius 1 is 1.03 bits per heavy atom. The molecule has 0 aliphatic carbocycles. The average molecular weight is 417 g/mol. The van der Waals surface area contributed by atoms with Gasteiger partial charge in [0, 0.05) is 59.5 Å². The van der Waals surface area contributed by atoms with Crippen LogP contribution >= 0.6 is 11.6 Å². The molecular weight excluding hydrogens is 396 g/mol. The van der Waals surface area contributed by atoms with E-state index in [0.717, 1.165) is 65.7 Å². The molecule has 5 nitrogen and oxygen atoms in total. The molecule has 2 aromatic carbocycles. The molecule has 0 bridgehead atoms. The van der Waals surface area contributed by atoms with Crippen LogP contribution in [-0.2, 0) is 19.5 Å². The SMILES string of the molecule is Cc1onc(-c2ccccc2)c1CN1CCc2nc(-c3ccc(Cl)cc3)ncc2C1. The van der Waals surface area contributed by atoms with Crippen LogP contribution < -0.4 is 0 Å². The number of fused-ring (bicyclic) bond motifs is 1. The van der Waals surface area contributed by atoms with Crippen LogP contribution in [0.25, 0.3) is 22.6 Å². The highest BCUT2D eigenvalue weighted by Gasteiger charge is 2.23. The van der Waals surface area contributed by atoms with Gasteiger partial charge in [0.25, 0.3) is 0 Å². The lowest BCUT2D eigenvalue weighted by atomic mass is 10.0. The molecule has 3 heterocycles. The zero-order chi connectivity index (χ0) is 20.5. The van der Waals surface area contributed by atoms with Crippen molar-refractivity contribution >= 4 is 11.6 Å². The van der Waals surface area contributed by atoms with Crippen molar-refractivity contribution in [3.63, 3.8) is 0 Å². The normalized spacial score (nSPS) is 13.9. The van der Waals surface area contributed by atoms with Crippen LogP contribution in [0, 0.1) is 6.92 Å². The van der Waals surface area contributed by atoms with E-state index >= 15 is 0 Å². The first kappa shape index (κ1) is 19.0. The van der Waals surface area contributed by atoms with Gasteiger partial charge in [0.05, 0.1) is 5.69 Å². The first-order chi connectivity index (χ1) is 14.7. The van der Waals surface area contributed by atoms with Crippen LogP contribution in [0.15, 0.2) is 65.3 Å². The lowest BCUT2D eigenvalue weighted by Crippen LogP contribution is -2.31. The third-order valence-electron chi connectivity index (χ3n) is 5.53. The van der Waals surface area contributed by atoms with E-state index in [-0.39, 0.29) is 0 Å². The minimum Gasteiger partial charge on any atom is -0.361 e. The van der Waals surface area contributed by atoms with Gasteiger partial charge in [-0.05, 0) is 31.2 Å². The summed E-state index contributed by atoms with van der Waals surface area (Å²) in [5, 5.41) is 5.03. The van der Waals surface area contributed by atoms with E-state index in [1.807, 2.05) is 55.6 Å². The van der Waals surface area contributed by atoms with Gasteiger partial charge in [-0.25, -0.2) is 9.97 Å². The molecule has 30 heavy (non-hydrogen) atoms. The smallest absolute Gasteiger partial charge is 0.159 e. The van der Waals surface area contributed by atoms with Crippen LogP contribution in [0.5, 0.6) is 0 Å². The molecule has 0 spiro atoms. The molecule has 0 fully saturated rings. The zero-order valence-corrected chi connectivity index (χ0v) is 17.4. The van der Waals surface area contributed by atoms with E-state index in [2.05, 4.69) is 27.2 Å². The molecule has 0 saturated heterocycles. The van der Waals surface area contributed by atoms with Crippen LogP contribution in [0.4, 0.5) is 0 Å². The van der Waals surface area contributed by atoms with E-state index in [0.29, 0.717) is 5.02 Å². The predicted molar refractivity (Wildman–Crippen MR) is 117 cm³/mol. The minimum atomic E-state index is 0.714. The number of hydrogen-bond acceptors (Lipinski definition) is 5. The van der Waals surface area contributed by atoms with Gasteiger partial charge in [0.15, 0.2) is 5.82 Å². The van der Waals surface area contributed by atoms with E-state index < -0.39 is 0 Å². The van der Waals surface area contributed by atoms with Crippen molar-refractivity contribution in [2.75, 3.05) is 6.54 Å². The maximum absolute atomic E-state index is 5.99. The van der Waals surface area contributed by atoms with Crippen LogP contribution in [0.1, 0.15) is 22.6 Å². The summed E-state index contributed by atoms with van der Waals surface area (Å²) >= 11 is 5.99. The number of hydrogen-bond donors (Lipinski definition) is 0. The number of rotatable bonds is 4. The van der Waals surface area contributed by atoms with Crippen molar-refractivity contribution in [1.29, 1.82) is 0 Å². The van der Waals surface area contributed by atoms with Crippen molar-refractivity contribution < 1.29 is 4.52 Å². The summed E-state index contributed by atoms with van der Waals surface area (Å²) in [5.41, 5.74) is 6.43. The molecule has 0 unspecified atom stereocenters. The molecular formula is C24H21ClN4O. The average Bonchev–Trinajstić information content (AvgIpc) is 3.14. The second-order valence-corrected chi connectivity index (χ2v) is 8.00. The maximum atomic E-state index is 5.99. The first-order valence-corrected chi connectivity index (χ1v) is 10.4. The van der Waals surface area contributed by atoms with Crippen molar-refractivity contribution in [3.05, 3.63) is 88.4 Å². The Morgan fingerprint density at radius 2 is 1.83 bits per heavy atom. The molecule has 1 aliphatic rings. The Bertz CT molecular complexity index is 1170. The van der Waals surface area contributed by atoms with Gasteiger partial charge in [-0.2, -0.15) is 0 Å². The highest BCUT2D eigenvalue weighted by molar-refractivity contribution is 6.30. The van der Waals surface area contributed by atoms with E-state index in [9.17, 15) is 0 Å². The third kappa shape index (κ3) is 3.74. The minimum absolute atomic E-state index is 0.714. The van der Waals surface area contributed by atoms with Gasteiger partial charge in [-0.15, -0.1) is 0 Å². The Hall–Kier alpha value is -3.02. The van der Waals surface area contributed by atoms with Crippen LogP contribution in [0.2, 0.25) is 5.02 Å². The van der Waals surface area contributed by atoms with Crippen molar-refractivity contribution in [3.8, 4) is 22.6 Å². The van der Waals surface area contributed by atoms with Gasteiger partial charge in [0.2, 0.25) is 0 Å². The largest absolute Gasteiger partial charge is 0.361 e. The number of halogens is 1. The summed E-state index contributed by atoms with van der Waals surface area (Å²) in [5.74, 6) is 1.62. The van der Waals surface area contributed by atoms with E-state index in [4.69, 9.17) is 21.1 Å². The molecule has 0 N–H and O–H groups in total. The molecule has 6 heteroatoms. The molecule has 0 radical (unpaired) electrons. The quantitative estimate of drug-likeness (QED) is 0.450. The number of aromatic nitrogens is 3. The summed E-state index contributed by atoms with van der Waals surface area (Å²) in [4.78, 5) is 11.8. The standard InChI is InChI=1S/C24H21ClN4O/c1-16-21(23(28-30-16)17-5-3-2-4-6-17)15-29-12-11-22-19(14-29)13-26-24(27-22)18-7-9-20(25)10-8-18/h2-10,13H,11-12,14-15H2,1H3. The van der Waals surface area contributed by atoms with Crippen LogP contribution in [0.3, 0.4) is 0 Å². The van der Waals surface area contributed by atoms with Gasteiger partial charge in [0.1, 0.15) is 11.5 Å². The Kier molecular flexibility index (Phi) is 5.07. The highest BCUT2D eigenvalue weighted by atomic mass is 35.5. The Balaban J connectivity index is 1.36. The summed E-state index contributed by atoms with van der Waals surface area (Å²) < 4.78 is 5.52. The zero-order valence-electron chi connectivity index (χ0n) is 16.7. The monoisotopic (exact) mass is 416 g/mol. The summed E-state index contributed by atoms with van der Waals surface area (Å²) in [6.07, 6.45) is 2.85. The molecule has 1 aliphatic heterocycles. The third-order valence-corrected chi connectivity index (χ3v) is 5.78. The fraction of sp³-hybridized carbons (Fsp3) is 0.208. The summed E-state index contributed by atoms with van der Waals surface area (Å²) in [6.45, 7) is 4.52. The molecule has 4 aromatic rings. The van der Waals surface area contributed by atoms with Crippen molar-refractivity contribution in [1.82, 2.24) is 20.0 Å². The summed E-state index contributed by atoms with van der Waals surface area (Å²) in [6, 6.07) is 17.8. The Labute approximate surface area is 180 Å². The lowest BCUT2D eigenvalue weighted by Gasteiger charge is -2.28. The second kappa shape index (κ2) is 8.01. The topological polar surface area (TPSA) is 55.1 Å². The van der Waals surface area contributed by atoms with Crippen LogP contribution in [-0.4, -0.2) is 26.6 Å². The first-order valence-electron chi connectivity index (χ1n) is 10.0. The van der Waals surface area contributed by atoms with Gasteiger partial charge < -0.3 is 4.52 Å². The fourth-order valence-electron chi connectivity index (χ4n) is 3.87. The van der Waals surface area contributed by atoms with Gasteiger partial charge >= 0.3 is 0 Å². The molecule has 5 rings (SSSR count). The van der Waals surface area contributed by atoms with E-state index in [1.54, 1.807) is 0 Å². The number of nitrogens with zero attached hydrogens (tertiary/aromatic N) is 4. The second-order valence-electron chi connectivity index (χ2n) is 7.57. The highest BCUT2D eigenvalue weighted by Crippen LogP contribution is 2.28. The number of aryl methyl sites for hydroxylation is 1. The number of benzene rings is 2. The molecule has 0 saturated carbocycles. The van der Waals surface area contributed by atoms with Crippen molar-refractivity contribution in [2.45, 2.75) is 26.4 Å². The van der Waals surface area contributed by atoms with Crippen molar-refractivity contribution in [2.24, 2.45) is 0 Å². The fourth-order valence-corrected chi connectivity index (χ4v) is 4.00. The van der Waals surface area contributed by atoms with E-state index in [1.165, 1.54) is 5.56 Å². The molecule has 2 aromatic heterocycles. The summed E-state index contributed by atoms with van der Waals surface area (Å²) in [7, 11) is 0. The predicted octanol–water partition coefficient (Wildman–Crippen LogP) is 5.32. The van der Waals surface area contributed by atoms with Gasteiger partial charge in [-0.1, -0.05) is 47.1 Å². The molecule has 150 valence electrons.